The number of rotatable bonds is 7. The Hall–Kier alpha value is -7.62. The highest BCUT2D eigenvalue weighted by Crippen LogP contribution is 2.46. The summed E-state index contributed by atoms with van der Waals surface area (Å²) in [5, 5.41) is 4.73. The Bertz CT molecular complexity index is 3210. The Balaban J connectivity index is 1.14. The fraction of sp³-hybridized carbons (Fsp3) is 0. The lowest BCUT2D eigenvalue weighted by Gasteiger charge is -2.29. The van der Waals surface area contributed by atoms with Gasteiger partial charge in [-0.05, 0) is 71.3 Å². The van der Waals surface area contributed by atoms with E-state index in [9.17, 15) is 0 Å². The van der Waals surface area contributed by atoms with Crippen LogP contribution >= 0.6 is 0 Å². The molecule has 3 heteroatoms. The van der Waals surface area contributed by atoms with Crippen LogP contribution in [-0.4, -0.2) is 4.57 Å². The molecule has 0 fully saturated rings. The molecule has 0 saturated heterocycles. The van der Waals surface area contributed by atoms with Crippen LogP contribution in [0.2, 0.25) is 0 Å². The van der Waals surface area contributed by atoms with Crippen LogP contribution in [0, 0.1) is 0 Å². The summed E-state index contributed by atoms with van der Waals surface area (Å²) in [5.41, 5.74) is 15.2. The monoisotopic (exact) mass is 728 g/mol. The fourth-order valence-corrected chi connectivity index (χ4v) is 8.64. The van der Waals surface area contributed by atoms with Gasteiger partial charge in [-0.15, -0.1) is 0 Å². The summed E-state index contributed by atoms with van der Waals surface area (Å²) in [6.07, 6.45) is 0. The van der Waals surface area contributed by atoms with Crippen molar-refractivity contribution in [1.29, 1.82) is 0 Å². The van der Waals surface area contributed by atoms with Gasteiger partial charge in [0.1, 0.15) is 11.2 Å². The summed E-state index contributed by atoms with van der Waals surface area (Å²) < 4.78 is 8.97. The molecule has 0 N–H and O–H groups in total. The van der Waals surface area contributed by atoms with Crippen molar-refractivity contribution in [1.82, 2.24) is 4.57 Å². The Morgan fingerprint density at radius 1 is 0.351 bits per heavy atom. The summed E-state index contributed by atoms with van der Waals surface area (Å²) in [5.74, 6) is 0. The average Bonchev–Trinajstić information content (AvgIpc) is 3.83. The van der Waals surface area contributed by atoms with Crippen LogP contribution in [0.4, 0.5) is 17.1 Å². The second kappa shape index (κ2) is 13.6. The van der Waals surface area contributed by atoms with E-state index >= 15 is 0 Å². The van der Waals surface area contributed by atoms with Crippen molar-refractivity contribution in [3.8, 4) is 39.1 Å². The van der Waals surface area contributed by atoms with Gasteiger partial charge >= 0.3 is 0 Å². The molecule has 9 aromatic carbocycles. The maximum atomic E-state index is 6.54. The minimum atomic E-state index is 0.895. The SMILES string of the molecule is c1ccc(-c2cccc(N(c3cccc(-c4cccc5c4oc4ccccc45)c3)c3ccccc3-c3ccccc3-n3c4ccccc4c4ccccc43)c2)cc1. The molecule has 0 aliphatic rings. The summed E-state index contributed by atoms with van der Waals surface area (Å²) >= 11 is 0. The first kappa shape index (κ1) is 32.8. The number of aromatic nitrogens is 1. The minimum Gasteiger partial charge on any atom is -0.455 e. The molecule has 0 spiro atoms. The van der Waals surface area contributed by atoms with Crippen molar-refractivity contribution >= 4 is 60.8 Å². The van der Waals surface area contributed by atoms with Crippen molar-refractivity contribution in [2.75, 3.05) is 4.90 Å². The Labute approximate surface area is 330 Å². The Morgan fingerprint density at radius 2 is 0.877 bits per heavy atom. The van der Waals surface area contributed by atoms with Gasteiger partial charge in [0.2, 0.25) is 0 Å². The number of fused-ring (bicyclic) bond motifs is 6. The molecule has 0 atom stereocenters. The summed E-state index contributed by atoms with van der Waals surface area (Å²) in [6, 6.07) is 78.2. The van der Waals surface area contributed by atoms with Gasteiger partial charge in [-0.3, -0.25) is 0 Å². The lowest BCUT2D eigenvalue weighted by Crippen LogP contribution is -2.12. The zero-order valence-electron chi connectivity index (χ0n) is 31.1. The fourth-order valence-electron chi connectivity index (χ4n) is 8.64. The molecular formula is C54H36N2O. The van der Waals surface area contributed by atoms with Crippen molar-refractivity contribution in [3.05, 3.63) is 218 Å². The largest absolute Gasteiger partial charge is 0.455 e. The molecule has 2 heterocycles. The molecule has 0 aliphatic carbocycles. The molecule has 0 saturated carbocycles. The third-order valence-corrected chi connectivity index (χ3v) is 11.2. The van der Waals surface area contributed by atoms with Crippen LogP contribution in [0.15, 0.2) is 223 Å². The normalized spacial score (nSPS) is 11.5. The van der Waals surface area contributed by atoms with E-state index < -0.39 is 0 Å². The Morgan fingerprint density at radius 3 is 1.65 bits per heavy atom. The second-order valence-electron chi connectivity index (χ2n) is 14.5. The molecular weight excluding hydrogens is 693 g/mol. The molecule has 11 rings (SSSR count). The number of para-hydroxylation sites is 6. The van der Waals surface area contributed by atoms with Gasteiger partial charge in [0.25, 0.3) is 0 Å². The first-order valence-corrected chi connectivity index (χ1v) is 19.4. The van der Waals surface area contributed by atoms with Crippen LogP contribution < -0.4 is 4.90 Å². The summed E-state index contributed by atoms with van der Waals surface area (Å²) in [6.45, 7) is 0. The van der Waals surface area contributed by atoms with E-state index in [0.29, 0.717) is 0 Å². The lowest BCUT2D eigenvalue weighted by atomic mass is 9.98. The van der Waals surface area contributed by atoms with Gasteiger partial charge in [0.05, 0.1) is 22.4 Å². The highest BCUT2D eigenvalue weighted by atomic mass is 16.3. The Kier molecular flexibility index (Phi) is 7.82. The maximum absolute atomic E-state index is 6.54. The van der Waals surface area contributed by atoms with E-state index in [1.54, 1.807) is 0 Å². The van der Waals surface area contributed by atoms with E-state index in [-0.39, 0.29) is 0 Å². The first-order valence-electron chi connectivity index (χ1n) is 19.4. The van der Waals surface area contributed by atoms with E-state index in [2.05, 4.69) is 216 Å². The molecule has 0 bridgehead atoms. The van der Waals surface area contributed by atoms with Gasteiger partial charge in [0, 0.05) is 49.6 Å². The minimum absolute atomic E-state index is 0.895. The molecule has 268 valence electrons. The van der Waals surface area contributed by atoms with Gasteiger partial charge < -0.3 is 13.9 Å². The number of benzene rings is 9. The number of anilines is 3. The van der Waals surface area contributed by atoms with E-state index in [1.807, 2.05) is 12.1 Å². The van der Waals surface area contributed by atoms with Crippen LogP contribution in [0.3, 0.4) is 0 Å². The van der Waals surface area contributed by atoms with E-state index in [0.717, 1.165) is 72.5 Å². The highest BCUT2D eigenvalue weighted by molar-refractivity contribution is 6.11. The molecule has 57 heavy (non-hydrogen) atoms. The van der Waals surface area contributed by atoms with Gasteiger partial charge in [-0.25, -0.2) is 0 Å². The molecule has 0 radical (unpaired) electrons. The third kappa shape index (κ3) is 5.51. The van der Waals surface area contributed by atoms with Crippen molar-refractivity contribution in [3.63, 3.8) is 0 Å². The topological polar surface area (TPSA) is 21.3 Å². The van der Waals surface area contributed by atoms with Crippen LogP contribution in [-0.2, 0) is 0 Å². The smallest absolute Gasteiger partial charge is 0.143 e. The van der Waals surface area contributed by atoms with Gasteiger partial charge in [-0.1, -0.05) is 164 Å². The number of hydrogen-bond donors (Lipinski definition) is 0. The average molecular weight is 729 g/mol. The zero-order chi connectivity index (χ0) is 37.7. The number of hydrogen-bond acceptors (Lipinski definition) is 2. The van der Waals surface area contributed by atoms with E-state index in [4.69, 9.17) is 4.42 Å². The van der Waals surface area contributed by atoms with Gasteiger partial charge in [-0.2, -0.15) is 0 Å². The van der Waals surface area contributed by atoms with Crippen LogP contribution in [0.1, 0.15) is 0 Å². The summed E-state index contributed by atoms with van der Waals surface area (Å²) in [7, 11) is 0. The quantitative estimate of drug-likeness (QED) is 0.163. The number of furan rings is 1. The third-order valence-electron chi connectivity index (χ3n) is 11.2. The molecule has 3 nitrogen and oxygen atoms in total. The van der Waals surface area contributed by atoms with Crippen molar-refractivity contribution < 1.29 is 4.42 Å². The molecule has 11 aromatic rings. The lowest BCUT2D eigenvalue weighted by molar-refractivity contribution is 0.670. The van der Waals surface area contributed by atoms with E-state index in [1.165, 1.54) is 27.4 Å². The zero-order valence-corrected chi connectivity index (χ0v) is 31.1. The second-order valence-corrected chi connectivity index (χ2v) is 14.5. The molecule has 2 aromatic heterocycles. The predicted molar refractivity (Wildman–Crippen MR) is 239 cm³/mol. The number of nitrogens with zero attached hydrogens (tertiary/aromatic N) is 2. The van der Waals surface area contributed by atoms with Gasteiger partial charge in [0.15, 0.2) is 0 Å². The predicted octanol–water partition coefficient (Wildman–Crippen LogP) is 15.2. The first-order chi connectivity index (χ1) is 28.3. The van der Waals surface area contributed by atoms with Crippen LogP contribution in [0.5, 0.6) is 0 Å². The maximum Gasteiger partial charge on any atom is 0.143 e. The van der Waals surface area contributed by atoms with Crippen molar-refractivity contribution in [2.45, 2.75) is 0 Å². The molecule has 0 aliphatic heterocycles. The summed E-state index contributed by atoms with van der Waals surface area (Å²) in [4.78, 5) is 2.41. The van der Waals surface area contributed by atoms with Crippen LogP contribution in [0.25, 0.3) is 82.8 Å². The molecule has 0 amide bonds. The highest BCUT2D eigenvalue weighted by Gasteiger charge is 2.22. The van der Waals surface area contributed by atoms with Crippen molar-refractivity contribution in [2.24, 2.45) is 0 Å². The standard InChI is InChI=1S/C54H36N2O/c1-2-17-37(18-3-1)38-19-14-21-40(35-38)55(41-22-15-20-39(36-41)42-28-16-29-48-47-27-8-13-34-53(47)57-54(42)48)49-30-9-4-23-43(49)44-24-5-10-31-50(44)56-51-32-11-6-25-45(51)46-26-7-12-33-52(46)56/h1-36H. The molecule has 0 unspecified atom stereocenters.